The molecule has 0 fully saturated rings. The zero-order valence-electron chi connectivity index (χ0n) is 9.99. The number of hydrogen-bond acceptors (Lipinski definition) is 4. The number of carbonyl (C=O) groups excluding carboxylic acids is 2. The summed E-state index contributed by atoms with van der Waals surface area (Å²) in [7, 11) is 1.25. The molecule has 0 rings (SSSR count). The Kier molecular flexibility index (Phi) is 7.49. The fourth-order valence-corrected chi connectivity index (χ4v) is 1.31. The Balaban J connectivity index is 3.87. The van der Waals surface area contributed by atoms with Gasteiger partial charge < -0.3 is 20.5 Å². The second kappa shape index (κ2) is 8.37. The number of nitrogens with one attached hydrogen (secondary N) is 2. The van der Waals surface area contributed by atoms with Crippen molar-refractivity contribution in [3.8, 4) is 0 Å². The van der Waals surface area contributed by atoms with Gasteiger partial charge in [-0.2, -0.15) is 0 Å². The fraction of sp³-hybridized carbons (Fsp3) is 0.700. The van der Waals surface area contributed by atoms with Crippen LogP contribution in [0.15, 0.2) is 0 Å². The molecule has 0 aliphatic rings. The largest absolute Gasteiger partial charge is 0.467 e. The van der Waals surface area contributed by atoms with Crippen LogP contribution in [0.1, 0.15) is 26.2 Å². The van der Waals surface area contributed by atoms with Crippen molar-refractivity contribution >= 4 is 18.0 Å². The van der Waals surface area contributed by atoms with Gasteiger partial charge in [-0.05, 0) is 19.3 Å². The summed E-state index contributed by atoms with van der Waals surface area (Å²) in [4.78, 5) is 32.3. The van der Waals surface area contributed by atoms with Crippen molar-refractivity contribution in [3.63, 3.8) is 0 Å². The lowest BCUT2D eigenvalue weighted by molar-refractivity contribution is -0.145. The van der Waals surface area contributed by atoms with Crippen LogP contribution in [-0.2, 0) is 14.3 Å². The van der Waals surface area contributed by atoms with Gasteiger partial charge in [0.1, 0.15) is 6.04 Å². The minimum atomic E-state index is -1.07. The van der Waals surface area contributed by atoms with Crippen molar-refractivity contribution in [1.29, 1.82) is 0 Å². The van der Waals surface area contributed by atoms with Crippen LogP contribution in [0.25, 0.3) is 0 Å². The molecule has 7 heteroatoms. The highest BCUT2D eigenvalue weighted by Gasteiger charge is 2.19. The summed E-state index contributed by atoms with van der Waals surface area (Å²) in [5.74, 6) is -0.796. The van der Waals surface area contributed by atoms with E-state index in [2.05, 4.69) is 15.4 Å². The number of unbranched alkanes of at least 4 members (excludes halogenated alkanes) is 1. The lowest BCUT2D eigenvalue weighted by Crippen LogP contribution is -2.40. The summed E-state index contributed by atoms with van der Waals surface area (Å²) in [6, 6.07) is -0.665. The highest BCUT2D eigenvalue weighted by atomic mass is 16.5. The van der Waals surface area contributed by atoms with Gasteiger partial charge in [-0.25, -0.2) is 9.59 Å². The molecule has 0 aliphatic carbocycles. The molecule has 0 aromatic heterocycles. The Morgan fingerprint density at radius 2 is 1.94 bits per heavy atom. The van der Waals surface area contributed by atoms with Crippen molar-refractivity contribution in [3.05, 3.63) is 0 Å². The first-order chi connectivity index (χ1) is 7.97. The molecule has 1 unspecified atom stereocenters. The quantitative estimate of drug-likeness (QED) is 0.436. The van der Waals surface area contributed by atoms with Gasteiger partial charge in [0.2, 0.25) is 5.91 Å². The minimum Gasteiger partial charge on any atom is -0.467 e. The molecule has 0 bridgehead atoms. The van der Waals surface area contributed by atoms with Crippen LogP contribution < -0.4 is 10.6 Å². The SMILES string of the molecule is COC(=O)C(CCCCNC(=O)O)NC(C)=O. The van der Waals surface area contributed by atoms with Gasteiger partial charge in [-0.3, -0.25) is 4.79 Å². The van der Waals surface area contributed by atoms with Gasteiger partial charge >= 0.3 is 12.1 Å². The van der Waals surface area contributed by atoms with Crippen LogP contribution >= 0.6 is 0 Å². The van der Waals surface area contributed by atoms with Gasteiger partial charge in [0.25, 0.3) is 0 Å². The highest BCUT2D eigenvalue weighted by Crippen LogP contribution is 2.02. The van der Waals surface area contributed by atoms with Crippen molar-refractivity contribution < 1.29 is 24.2 Å². The molecule has 0 radical (unpaired) electrons. The van der Waals surface area contributed by atoms with Crippen molar-refractivity contribution in [2.45, 2.75) is 32.2 Å². The first kappa shape index (κ1) is 15.2. The molecule has 0 aromatic carbocycles. The van der Waals surface area contributed by atoms with E-state index in [9.17, 15) is 14.4 Å². The molecule has 0 spiro atoms. The molecule has 0 aliphatic heterocycles. The molecule has 2 amide bonds. The van der Waals surface area contributed by atoms with E-state index in [1.54, 1.807) is 0 Å². The van der Waals surface area contributed by atoms with E-state index in [4.69, 9.17) is 5.11 Å². The molecule has 0 saturated heterocycles. The molecular weight excluding hydrogens is 228 g/mol. The topological polar surface area (TPSA) is 105 Å². The monoisotopic (exact) mass is 246 g/mol. The van der Waals surface area contributed by atoms with E-state index in [0.717, 1.165) is 0 Å². The molecule has 0 heterocycles. The number of ether oxygens (including phenoxy) is 1. The third-order valence-corrected chi connectivity index (χ3v) is 2.06. The lowest BCUT2D eigenvalue weighted by Gasteiger charge is -2.14. The maximum absolute atomic E-state index is 11.3. The van der Waals surface area contributed by atoms with Crippen molar-refractivity contribution in [1.82, 2.24) is 10.6 Å². The first-order valence-electron chi connectivity index (χ1n) is 5.29. The Hall–Kier alpha value is -1.79. The van der Waals surface area contributed by atoms with Gasteiger partial charge in [-0.15, -0.1) is 0 Å². The summed E-state index contributed by atoms with van der Waals surface area (Å²) in [5.41, 5.74) is 0. The smallest absolute Gasteiger partial charge is 0.404 e. The molecule has 3 N–H and O–H groups in total. The number of rotatable bonds is 7. The van der Waals surface area contributed by atoms with Crippen molar-refractivity contribution in [2.24, 2.45) is 0 Å². The predicted molar refractivity (Wildman–Crippen MR) is 59.5 cm³/mol. The number of carbonyl (C=O) groups is 3. The number of esters is 1. The third kappa shape index (κ3) is 8.06. The summed E-state index contributed by atoms with van der Waals surface area (Å²) in [6.07, 6.45) is 0.559. The Labute approximate surface area is 99.5 Å². The minimum absolute atomic E-state index is 0.302. The average molecular weight is 246 g/mol. The fourth-order valence-electron chi connectivity index (χ4n) is 1.31. The average Bonchev–Trinajstić information content (AvgIpc) is 2.25. The zero-order valence-corrected chi connectivity index (χ0v) is 9.99. The predicted octanol–water partition coefficient (Wildman–Crippen LogP) is 0.102. The second-order valence-corrected chi connectivity index (χ2v) is 3.50. The molecule has 98 valence electrons. The maximum atomic E-state index is 11.3. The van der Waals surface area contributed by atoms with Gasteiger partial charge in [0.15, 0.2) is 0 Å². The van der Waals surface area contributed by atoms with Gasteiger partial charge in [0.05, 0.1) is 7.11 Å². The van der Waals surface area contributed by atoms with E-state index >= 15 is 0 Å². The Morgan fingerprint density at radius 3 is 2.41 bits per heavy atom. The molecule has 7 nitrogen and oxygen atoms in total. The number of carboxylic acid groups (broad SMARTS) is 1. The summed E-state index contributed by atoms with van der Waals surface area (Å²) in [5, 5.41) is 13.0. The van der Waals surface area contributed by atoms with E-state index < -0.39 is 18.1 Å². The van der Waals surface area contributed by atoms with Crippen LogP contribution in [-0.4, -0.2) is 42.8 Å². The van der Waals surface area contributed by atoms with E-state index in [1.165, 1.54) is 14.0 Å². The molecule has 1 atom stereocenters. The molecule has 0 aromatic rings. The number of hydrogen-bond donors (Lipinski definition) is 3. The molecular formula is C10H18N2O5. The van der Waals surface area contributed by atoms with Crippen LogP contribution in [0.5, 0.6) is 0 Å². The summed E-state index contributed by atoms with van der Waals surface area (Å²) >= 11 is 0. The number of methoxy groups -OCH3 is 1. The van der Waals surface area contributed by atoms with Crippen LogP contribution in [0.3, 0.4) is 0 Å². The number of amides is 2. The summed E-state index contributed by atoms with van der Waals surface area (Å²) in [6.45, 7) is 1.64. The Morgan fingerprint density at radius 1 is 1.29 bits per heavy atom. The lowest BCUT2D eigenvalue weighted by atomic mass is 10.1. The van der Waals surface area contributed by atoms with Gasteiger partial charge in [0, 0.05) is 13.5 Å². The van der Waals surface area contributed by atoms with E-state index in [0.29, 0.717) is 25.8 Å². The van der Waals surface area contributed by atoms with Crippen molar-refractivity contribution in [2.75, 3.05) is 13.7 Å². The van der Waals surface area contributed by atoms with Crippen LogP contribution in [0, 0.1) is 0 Å². The van der Waals surface area contributed by atoms with E-state index in [-0.39, 0.29) is 5.91 Å². The van der Waals surface area contributed by atoms with Crippen LogP contribution in [0.4, 0.5) is 4.79 Å². The second-order valence-electron chi connectivity index (χ2n) is 3.50. The molecule has 17 heavy (non-hydrogen) atoms. The maximum Gasteiger partial charge on any atom is 0.404 e. The highest BCUT2D eigenvalue weighted by molar-refractivity contribution is 5.83. The summed E-state index contributed by atoms with van der Waals surface area (Å²) < 4.78 is 4.55. The van der Waals surface area contributed by atoms with Gasteiger partial charge in [-0.1, -0.05) is 0 Å². The van der Waals surface area contributed by atoms with Crippen LogP contribution in [0.2, 0.25) is 0 Å². The third-order valence-electron chi connectivity index (χ3n) is 2.06. The first-order valence-corrected chi connectivity index (χ1v) is 5.29. The van der Waals surface area contributed by atoms with E-state index in [1.807, 2.05) is 0 Å². The normalized spacial score (nSPS) is 11.4. The Bertz CT molecular complexity index is 280. The standard InChI is InChI=1S/C10H18N2O5/c1-7(13)12-8(9(14)17-2)5-3-4-6-11-10(15)16/h8,11H,3-6H2,1-2H3,(H,12,13)(H,15,16). The zero-order chi connectivity index (χ0) is 13.3. The molecule has 0 saturated carbocycles.